The van der Waals surface area contributed by atoms with E-state index in [4.69, 9.17) is 14.8 Å². The summed E-state index contributed by atoms with van der Waals surface area (Å²) in [6.07, 6.45) is 10.1. The number of methoxy groups -OCH3 is 1. The molecule has 0 spiro atoms. The van der Waals surface area contributed by atoms with Crippen molar-refractivity contribution in [2.24, 2.45) is 13.0 Å². The SMILES string of the molecule is COc1c(-n2cnc(C)c2)ccc(Cc2nc3n(n2)C(C2C=C(F)C(F)=CC2)CCC3)[n+]1C. The summed E-state index contributed by atoms with van der Waals surface area (Å²) in [5.74, 6) is 0.673. The predicted octanol–water partition coefficient (Wildman–Crippen LogP) is 3.80. The molecule has 0 aromatic carbocycles. The zero-order valence-corrected chi connectivity index (χ0v) is 19.0. The first-order valence-corrected chi connectivity index (χ1v) is 11.2. The van der Waals surface area contributed by atoms with Gasteiger partial charge in [0.2, 0.25) is 0 Å². The third kappa shape index (κ3) is 3.96. The largest absolute Gasteiger partial charge is 0.446 e. The van der Waals surface area contributed by atoms with Crippen molar-refractivity contribution in [1.82, 2.24) is 24.3 Å². The number of imidazole rings is 1. The van der Waals surface area contributed by atoms with Crippen molar-refractivity contribution in [1.29, 1.82) is 0 Å². The molecule has 0 saturated heterocycles. The number of hydrogen-bond donors (Lipinski definition) is 0. The molecular weight excluding hydrogens is 426 g/mol. The first-order valence-electron chi connectivity index (χ1n) is 11.2. The van der Waals surface area contributed by atoms with E-state index in [9.17, 15) is 8.78 Å². The summed E-state index contributed by atoms with van der Waals surface area (Å²) < 4.78 is 38.9. The topological polar surface area (TPSA) is 61.6 Å². The molecule has 9 heteroatoms. The number of pyridine rings is 1. The molecule has 2 aliphatic rings. The van der Waals surface area contributed by atoms with Crippen LogP contribution in [0.15, 0.2) is 48.5 Å². The Balaban J connectivity index is 1.43. The molecule has 2 unspecified atom stereocenters. The molecule has 0 bridgehead atoms. The average molecular weight is 454 g/mol. The number of halogens is 2. The lowest BCUT2D eigenvalue weighted by Crippen LogP contribution is -2.36. The number of ether oxygens (including phenoxy) is 1. The van der Waals surface area contributed by atoms with Gasteiger partial charge in [-0.25, -0.2) is 23.4 Å². The van der Waals surface area contributed by atoms with Gasteiger partial charge in [-0.15, -0.1) is 0 Å². The molecule has 3 aromatic heterocycles. The van der Waals surface area contributed by atoms with E-state index in [0.717, 1.165) is 42.2 Å². The van der Waals surface area contributed by atoms with Gasteiger partial charge in [0.1, 0.15) is 12.9 Å². The van der Waals surface area contributed by atoms with Crippen molar-refractivity contribution in [2.45, 2.75) is 45.1 Å². The molecule has 172 valence electrons. The number of aryl methyl sites for hydroxylation is 2. The van der Waals surface area contributed by atoms with E-state index in [1.165, 1.54) is 12.2 Å². The summed E-state index contributed by atoms with van der Waals surface area (Å²) in [6, 6.07) is 4.03. The third-order valence-electron chi connectivity index (χ3n) is 6.52. The van der Waals surface area contributed by atoms with Crippen LogP contribution in [0.2, 0.25) is 0 Å². The van der Waals surface area contributed by atoms with Crippen LogP contribution in [0.5, 0.6) is 5.88 Å². The van der Waals surface area contributed by atoms with Crippen molar-refractivity contribution >= 4 is 0 Å². The fraction of sp³-hybridized carbons (Fsp3) is 0.417. The van der Waals surface area contributed by atoms with Crippen LogP contribution in [0.1, 0.15) is 48.3 Å². The maximum Gasteiger partial charge on any atom is 0.392 e. The number of hydrogen-bond acceptors (Lipinski definition) is 4. The van der Waals surface area contributed by atoms with E-state index in [1.807, 2.05) is 46.1 Å². The zero-order valence-electron chi connectivity index (χ0n) is 19.0. The van der Waals surface area contributed by atoms with Crippen LogP contribution in [0.3, 0.4) is 0 Å². The monoisotopic (exact) mass is 453 g/mol. The number of nitrogens with zero attached hydrogens (tertiary/aromatic N) is 6. The molecule has 1 aliphatic carbocycles. The van der Waals surface area contributed by atoms with Crippen LogP contribution < -0.4 is 9.30 Å². The quantitative estimate of drug-likeness (QED) is 0.552. The van der Waals surface area contributed by atoms with Crippen LogP contribution in [0.4, 0.5) is 8.78 Å². The standard InChI is InChI=1S/C24H27F2N6O/c1-15-13-31(14-27-15)21-10-8-17(30(2)24(21)33-3)12-22-28-23-6-4-5-20(32(23)29-22)16-7-9-18(25)19(26)11-16/h8-11,13-14,16,20H,4-7,12H2,1-3H3/q+1. The van der Waals surface area contributed by atoms with Gasteiger partial charge in [-0.1, -0.05) is 0 Å². The number of fused-ring (bicyclic) bond motifs is 1. The van der Waals surface area contributed by atoms with E-state index >= 15 is 0 Å². The smallest absolute Gasteiger partial charge is 0.392 e. The molecule has 7 nitrogen and oxygen atoms in total. The minimum atomic E-state index is -0.772. The van der Waals surface area contributed by atoms with Crippen molar-refractivity contribution in [3.05, 3.63) is 71.5 Å². The van der Waals surface area contributed by atoms with E-state index in [0.29, 0.717) is 24.5 Å². The second-order valence-electron chi connectivity index (χ2n) is 8.69. The Morgan fingerprint density at radius 2 is 2.09 bits per heavy atom. The molecule has 3 aromatic rings. The molecular formula is C24H27F2N6O+. The molecule has 0 amide bonds. The molecule has 0 radical (unpaired) electrons. The van der Waals surface area contributed by atoms with E-state index in [1.54, 1.807) is 13.4 Å². The first kappa shape index (κ1) is 21.5. The second-order valence-corrected chi connectivity index (χ2v) is 8.69. The molecule has 2 atom stereocenters. The van der Waals surface area contributed by atoms with Gasteiger partial charge >= 0.3 is 5.88 Å². The fourth-order valence-corrected chi connectivity index (χ4v) is 4.83. The van der Waals surface area contributed by atoms with Gasteiger partial charge < -0.3 is 4.74 Å². The summed E-state index contributed by atoms with van der Waals surface area (Å²) in [5, 5.41) is 4.80. The van der Waals surface area contributed by atoms with Crippen LogP contribution in [-0.4, -0.2) is 31.4 Å². The van der Waals surface area contributed by atoms with Gasteiger partial charge in [0.15, 0.2) is 28.9 Å². The van der Waals surface area contributed by atoms with Crippen LogP contribution in [-0.2, 0) is 19.9 Å². The Hall–Kier alpha value is -3.36. The summed E-state index contributed by atoms with van der Waals surface area (Å²) >= 11 is 0. The van der Waals surface area contributed by atoms with E-state index < -0.39 is 11.7 Å². The zero-order chi connectivity index (χ0) is 23.1. The number of aromatic nitrogens is 6. The normalized spacial score (nSPS) is 20.3. The summed E-state index contributed by atoms with van der Waals surface area (Å²) in [5.41, 5.74) is 2.82. The molecule has 33 heavy (non-hydrogen) atoms. The lowest BCUT2D eigenvalue weighted by molar-refractivity contribution is -0.683. The van der Waals surface area contributed by atoms with Gasteiger partial charge in [-0.05, 0) is 44.4 Å². The Morgan fingerprint density at radius 3 is 2.82 bits per heavy atom. The summed E-state index contributed by atoms with van der Waals surface area (Å²) in [4.78, 5) is 9.09. The molecule has 1 aliphatic heterocycles. The van der Waals surface area contributed by atoms with Gasteiger partial charge in [-0.2, -0.15) is 9.67 Å². The highest BCUT2D eigenvalue weighted by Gasteiger charge is 2.31. The van der Waals surface area contributed by atoms with Crippen LogP contribution in [0.25, 0.3) is 5.69 Å². The minimum absolute atomic E-state index is 0.0137. The van der Waals surface area contributed by atoms with E-state index in [-0.39, 0.29) is 12.0 Å². The van der Waals surface area contributed by atoms with E-state index in [2.05, 4.69) is 4.98 Å². The minimum Gasteiger partial charge on any atom is -0.446 e. The molecule has 4 heterocycles. The second kappa shape index (κ2) is 8.53. The Morgan fingerprint density at radius 1 is 1.24 bits per heavy atom. The lowest BCUT2D eigenvalue weighted by Gasteiger charge is -2.30. The van der Waals surface area contributed by atoms with Gasteiger partial charge in [0.25, 0.3) is 0 Å². The van der Waals surface area contributed by atoms with Gasteiger partial charge in [0, 0.05) is 24.6 Å². The Labute approximate surface area is 191 Å². The summed E-state index contributed by atoms with van der Waals surface area (Å²) in [6.45, 7) is 1.95. The highest BCUT2D eigenvalue weighted by atomic mass is 19.2. The molecule has 0 N–H and O–H groups in total. The van der Waals surface area contributed by atoms with Crippen molar-refractivity contribution in [2.75, 3.05) is 7.11 Å². The number of rotatable bonds is 5. The predicted molar refractivity (Wildman–Crippen MR) is 117 cm³/mol. The molecule has 5 rings (SSSR count). The third-order valence-corrected chi connectivity index (χ3v) is 6.52. The fourth-order valence-electron chi connectivity index (χ4n) is 4.83. The highest BCUT2D eigenvalue weighted by molar-refractivity contribution is 5.39. The van der Waals surface area contributed by atoms with Crippen LogP contribution >= 0.6 is 0 Å². The van der Waals surface area contributed by atoms with Crippen molar-refractivity contribution < 1.29 is 18.1 Å². The number of allylic oxidation sites excluding steroid dienone is 4. The van der Waals surface area contributed by atoms with Gasteiger partial charge in [0.05, 0.1) is 31.6 Å². The maximum absolute atomic E-state index is 13.9. The van der Waals surface area contributed by atoms with Gasteiger partial charge in [-0.3, -0.25) is 4.57 Å². The Kier molecular flexibility index (Phi) is 5.55. The van der Waals surface area contributed by atoms with Crippen LogP contribution in [0, 0.1) is 12.8 Å². The van der Waals surface area contributed by atoms with Crippen molar-refractivity contribution in [3.63, 3.8) is 0 Å². The molecule has 0 fully saturated rings. The first-order chi connectivity index (χ1) is 15.9. The van der Waals surface area contributed by atoms with Crippen molar-refractivity contribution in [3.8, 4) is 11.6 Å². The maximum atomic E-state index is 13.9. The highest BCUT2D eigenvalue weighted by Crippen LogP contribution is 2.37. The average Bonchev–Trinajstić information content (AvgIpc) is 3.42. The lowest BCUT2D eigenvalue weighted by atomic mass is 9.87. The summed E-state index contributed by atoms with van der Waals surface area (Å²) in [7, 11) is 3.61. The molecule has 0 saturated carbocycles. The Bertz CT molecular complexity index is 1260.